The Morgan fingerprint density at radius 2 is 2.18 bits per heavy atom. The molecule has 0 radical (unpaired) electrons. The van der Waals surface area contributed by atoms with Crippen LogP contribution in [-0.4, -0.2) is 32.7 Å². The summed E-state index contributed by atoms with van der Waals surface area (Å²) in [5.41, 5.74) is -1.13. The Morgan fingerprint density at radius 1 is 1.53 bits per heavy atom. The van der Waals surface area contributed by atoms with Gasteiger partial charge in [-0.3, -0.25) is 0 Å². The lowest BCUT2D eigenvalue weighted by molar-refractivity contribution is -0.141. The number of aliphatic carboxylic acids is 1. The first-order chi connectivity index (χ1) is 7.81. The number of anilines is 1. The van der Waals surface area contributed by atoms with Crippen molar-refractivity contribution < 1.29 is 14.6 Å². The Morgan fingerprint density at radius 3 is 2.71 bits per heavy atom. The van der Waals surface area contributed by atoms with Gasteiger partial charge in [0, 0.05) is 12.3 Å². The smallest absolute Gasteiger partial charge is 0.328 e. The molecular formula is C11H17N3O3. The Balaban J connectivity index is 2.82. The van der Waals surface area contributed by atoms with Crippen molar-refractivity contribution in [2.75, 3.05) is 5.32 Å². The van der Waals surface area contributed by atoms with Crippen molar-refractivity contribution in [2.24, 2.45) is 0 Å². The number of rotatable bonds is 5. The predicted octanol–water partition coefficient (Wildman–Crippen LogP) is 1.54. The molecule has 0 bridgehead atoms. The number of carboxylic acids is 1. The number of nitrogens with one attached hydrogen (secondary N) is 1. The first kappa shape index (κ1) is 13.2. The van der Waals surface area contributed by atoms with Gasteiger partial charge in [-0.25, -0.2) is 9.78 Å². The topological polar surface area (TPSA) is 84.3 Å². The lowest BCUT2D eigenvalue weighted by Gasteiger charge is -2.21. The van der Waals surface area contributed by atoms with Crippen molar-refractivity contribution in [3.8, 4) is 5.88 Å². The van der Waals surface area contributed by atoms with Gasteiger partial charge in [-0.2, -0.15) is 4.98 Å². The van der Waals surface area contributed by atoms with Crippen LogP contribution < -0.4 is 10.1 Å². The molecule has 0 atom stereocenters. The van der Waals surface area contributed by atoms with Crippen molar-refractivity contribution in [3.63, 3.8) is 0 Å². The van der Waals surface area contributed by atoms with E-state index in [9.17, 15) is 4.79 Å². The van der Waals surface area contributed by atoms with Crippen molar-refractivity contribution in [3.05, 3.63) is 12.3 Å². The van der Waals surface area contributed by atoms with Crippen LogP contribution >= 0.6 is 0 Å². The first-order valence-electron chi connectivity index (χ1n) is 5.32. The van der Waals surface area contributed by atoms with Crippen molar-refractivity contribution in [1.82, 2.24) is 9.97 Å². The number of aromatic nitrogens is 2. The van der Waals surface area contributed by atoms with Crippen LogP contribution in [0.2, 0.25) is 0 Å². The maximum Gasteiger partial charge on any atom is 0.328 e. The molecule has 17 heavy (non-hydrogen) atoms. The summed E-state index contributed by atoms with van der Waals surface area (Å²) in [5, 5.41) is 11.7. The third-order valence-corrected chi connectivity index (χ3v) is 1.95. The van der Waals surface area contributed by atoms with Gasteiger partial charge in [-0.15, -0.1) is 0 Å². The minimum atomic E-state index is -1.13. The molecule has 0 amide bonds. The standard InChI is InChI=1S/C11H17N3O3/c1-7(2)17-8-5-6-12-10(13-8)14-11(3,4)9(15)16/h5-7H,1-4H3,(H,15,16)(H,12,13,14). The molecule has 6 nitrogen and oxygen atoms in total. The van der Waals surface area contributed by atoms with Crippen LogP contribution in [0, 0.1) is 0 Å². The number of carboxylic acid groups (broad SMARTS) is 1. The number of nitrogens with zero attached hydrogens (tertiary/aromatic N) is 2. The number of ether oxygens (including phenoxy) is 1. The zero-order chi connectivity index (χ0) is 13.1. The van der Waals surface area contributed by atoms with Gasteiger partial charge in [0.1, 0.15) is 5.54 Å². The third kappa shape index (κ3) is 3.90. The van der Waals surface area contributed by atoms with Gasteiger partial charge in [-0.05, 0) is 27.7 Å². The molecule has 94 valence electrons. The monoisotopic (exact) mass is 239 g/mol. The maximum absolute atomic E-state index is 10.9. The molecule has 0 spiro atoms. The Bertz CT molecular complexity index is 405. The van der Waals surface area contributed by atoms with Crippen LogP contribution in [0.15, 0.2) is 12.3 Å². The summed E-state index contributed by atoms with van der Waals surface area (Å²) in [6.45, 7) is 6.84. The molecule has 2 N–H and O–H groups in total. The fourth-order valence-corrected chi connectivity index (χ4v) is 1.04. The molecule has 0 saturated carbocycles. The first-order valence-corrected chi connectivity index (χ1v) is 5.32. The summed E-state index contributed by atoms with van der Waals surface area (Å²) in [6.07, 6.45) is 1.52. The second-order valence-electron chi connectivity index (χ2n) is 4.44. The zero-order valence-electron chi connectivity index (χ0n) is 10.4. The van der Waals surface area contributed by atoms with E-state index in [1.807, 2.05) is 13.8 Å². The van der Waals surface area contributed by atoms with Crippen LogP contribution in [0.1, 0.15) is 27.7 Å². The van der Waals surface area contributed by atoms with Gasteiger partial charge in [0.2, 0.25) is 11.8 Å². The van der Waals surface area contributed by atoms with E-state index >= 15 is 0 Å². The number of carbonyl (C=O) groups is 1. The van der Waals surface area contributed by atoms with E-state index in [1.165, 1.54) is 20.0 Å². The highest BCUT2D eigenvalue weighted by Gasteiger charge is 2.27. The van der Waals surface area contributed by atoms with Crippen molar-refractivity contribution in [1.29, 1.82) is 0 Å². The fraction of sp³-hybridized carbons (Fsp3) is 0.545. The summed E-state index contributed by atoms with van der Waals surface area (Å²) in [7, 11) is 0. The van der Waals surface area contributed by atoms with Gasteiger partial charge < -0.3 is 15.2 Å². The molecule has 0 saturated heterocycles. The summed E-state index contributed by atoms with van der Waals surface area (Å²) < 4.78 is 5.39. The van der Waals surface area contributed by atoms with Crippen LogP contribution in [-0.2, 0) is 4.79 Å². The normalized spacial score (nSPS) is 11.4. The van der Waals surface area contributed by atoms with E-state index in [2.05, 4.69) is 15.3 Å². The van der Waals surface area contributed by atoms with Crippen LogP contribution in [0.4, 0.5) is 5.95 Å². The molecule has 1 heterocycles. The predicted molar refractivity (Wildman–Crippen MR) is 63.1 cm³/mol. The SMILES string of the molecule is CC(C)Oc1ccnc(NC(C)(C)C(=O)O)n1. The van der Waals surface area contributed by atoms with Gasteiger partial charge in [0.15, 0.2) is 0 Å². The van der Waals surface area contributed by atoms with E-state index in [0.29, 0.717) is 5.88 Å². The minimum absolute atomic E-state index is 0.00485. The fourth-order valence-electron chi connectivity index (χ4n) is 1.04. The summed E-state index contributed by atoms with van der Waals surface area (Å²) >= 11 is 0. The third-order valence-electron chi connectivity index (χ3n) is 1.95. The van der Waals surface area contributed by atoms with Crippen LogP contribution in [0.3, 0.4) is 0 Å². The lowest BCUT2D eigenvalue weighted by atomic mass is 10.1. The Hall–Kier alpha value is -1.85. The van der Waals surface area contributed by atoms with Gasteiger partial charge in [-0.1, -0.05) is 0 Å². The molecule has 0 aliphatic carbocycles. The highest BCUT2D eigenvalue weighted by atomic mass is 16.5. The second-order valence-corrected chi connectivity index (χ2v) is 4.44. The average molecular weight is 239 g/mol. The Kier molecular flexibility index (Phi) is 3.88. The molecular weight excluding hydrogens is 222 g/mol. The molecule has 0 aliphatic rings. The van der Waals surface area contributed by atoms with Gasteiger partial charge in [0.05, 0.1) is 6.10 Å². The Labute approximate surface area is 100 Å². The molecule has 0 unspecified atom stereocenters. The van der Waals surface area contributed by atoms with Crippen LogP contribution in [0.5, 0.6) is 5.88 Å². The highest BCUT2D eigenvalue weighted by molar-refractivity contribution is 5.80. The van der Waals surface area contributed by atoms with E-state index < -0.39 is 11.5 Å². The molecule has 1 rings (SSSR count). The van der Waals surface area contributed by atoms with Crippen LogP contribution in [0.25, 0.3) is 0 Å². The number of hydrogen-bond acceptors (Lipinski definition) is 5. The van der Waals surface area contributed by atoms with E-state index in [4.69, 9.17) is 9.84 Å². The molecule has 0 aromatic carbocycles. The molecule has 6 heteroatoms. The molecule has 0 fully saturated rings. The summed E-state index contributed by atoms with van der Waals surface area (Å²) in [6, 6.07) is 1.62. The van der Waals surface area contributed by atoms with Crippen molar-refractivity contribution >= 4 is 11.9 Å². The van der Waals surface area contributed by atoms with Gasteiger partial charge >= 0.3 is 5.97 Å². The molecule has 1 aromatic rings. The molecule has 1 aromatic heterocycles. The van der Waals surface area contributed by atoms with E-state index in [1.54, 1.807) is 6.07 Å². The van der Waals surface area contributed by atoms with Crippen molar-refractivity contribution in [2.45, 2.75) is 39.3 Å². The van der Waals surface area contributed by atoms with Gasteiger partial charge in [0.25, 0.3) is 0 Å². The summed E-state index contributed by atoms with van der Waals surface area (Å²) in [4.78, 5) is 19.0. The second kappa shape index (κ2) is 4.99. The minimum Gasteiger partial charge on any atom is -0.480 e. The highest BCUT2D eigenvalue weighted by Crippen LogP contribution is 2.14. The largest absolute Gasteiger partial charge is 0.480 e. The quantitative estimate of drug-likeness (QED) is 0.810. The molecule has 0 aliphatic heterocycles. The maximum atomic E-state index is 10.9. The zero-order valence-corrected chi connectivity index (χ0v) is 10.4. The van der Waals surface area contributed by atoms with E-state index in [0.717, 1.165) is 0 Å². The van der Waals surface area contributed by atoms with E-state index in [-0.39, 0.29) is 12.1 Å². The average Bonchev–Trinajstić information content (AvgIpc) is 2.15. The lowest BCUT2D eigenvalue weighted by Crippen LogP contribution is -2.40. The number of hydrogen-bond donors (Lipinski definition) is 2. The summed E-state index contributed by atoms with van der Waals surface area (Å²) in [5.74, 6) is -0.328.